The highest BCUT2D eigenvalue weighted by atomic mass is 16.3. The van der Waals surface area contributed by atoms with Crippen molar-refractivity contribution in [2.75, 3.05) is 19.6 Å². The Bertz CT molecular complexity index is 595. The molecule has 2 atom stereocenters. The van der Waals surface area contributed by atoms with E-state index < -0.39 is 6.10 Å². The Hall–Kier alpha value is -1.39. The number of fused-ring (bicyclic) bond motifs is 2. The lowest BCUT2D eigenvalue weighted by Gasteiger charge is -2.40. The van der Waals surface area contributed by atoms with Crippen molar-refractivity contribution in [3.63, 3.8) is 0 Å². The number of carbonyl (C=O) groups is 1. The Balaban J connectivity index is 1.77. The van der Waals surface area contributed by atoms with Gasteiger partial charge in [-0.15, -0.1) is 0 Å². The maximum atomic E-state index is 12.6. The van der Waals surface area contributed by atoms with E-state index in [1.807, 2.05) is 11.0 Å². The molecule has 3 aliphatic rings. The quantitative estimate of drug-likeness (QED) is 0.835. The predicted octanol–water partition coefficient (Wildman–Crippen LogP) is 2.13. The summed E-state index contributed by atoms with van der Waals surface area (Å²) >= 11 is 0. The number of carbonyl (C=O) groups excluding carboxylic acids is 1. The summed E-state index contributed by atoms with van der Waals surface area (Å²) in [6.45, 7) is 2.65. The third-order valence-corrected chi connectivity index (χ3v) is 6.12. The van der Waals surface area contributed by atoms with Crippen molar-refractivity contribution >= 4 is 5.91 Å². The van der Waals surface area contributed by atoms with E-state index in [2.05, 4.69) is 23.5 Å². The van der Waals surface area contributed by atoms with Crippen molar-refractivity contribution in [1.82, 2.24) is 10.2 Å². The molecule has 2 fully saturated rings. The van der Waals surface area contributed by atoms with Gasteiger partial charge in [-0.1, -0.05) is 30.7 Å². The minimum atomic E-state index is -0.482. The summed E-state index contributed by atoms with van der Waals surface area (Å²) in [7, 11) is 0. The van der Waals surface area contributed by atoms with Crippen LogP contribution in [-0.2, 0) is 10.2 Å². The second-order valence-electron chi connectivity index (χ2n) is 7.28. The molecule has 23 heavy (non-hydrogen) atoms. The minimum absolute atomic E-state index is 0.158. The average Bonchev–Trinajstić information content (AvgIpc) is 2.72. The Morgan fingerprint density at radius 3 is 2.74 bits per heavy atom. The maximum Gasteiger partial charge on any atom is 0.223 e. The Labute approximate surface area is 137 Å². The van der Waals surface area contributed by atoms with Crippen molar-refractivity contribution in [2.24, 2.45) is 0 Å². The zero-order valence-corrected chi connectivity index (χ0v) is 13.6. The van der Waals surface area contributed by atoms with Gasteiger partial charge in [0.1, 0.15) is 0 Å². The van der Waals surface area contributed by atoms with E-state index in [1.165, 1.54) is 11.1 Å². The van der Waals surface area contributed by atoms with Crippen LogP contribution in [0.15, 0.2) is 24.3 Å². The number of hydrogen-bond donors (Lipinski definition) is 2. The molecule has 1 amide bonds. The van der Waals surface area contributed by atoms with Crippen LogP contribution in [0.2, 0.25) is 0 Å². The highest BCUT2D eigenvalue weighted by Gasteiger charge is 2.53. The second kappa shape index (κ2) is 5.91. The zero-order chi connectivity index (χ0) is 15.9. The summed E-state index contributed by atoms with van der Waals surface area (Å²) < 4.78 is 0. The molecule has 1 spiro atoms. The first-order valence-electron chi connectivity index (χ1n) is 9.02. The van der Waals surface area contributed by atoms with Gasteiger partial charge in [0, 0.05) is 18.4 Å². The van der Waals surface area contributed by atoms with Crippen molar-refractivity contribution in [3.05, 3.63) is 35.4 Å². The van der Waals surface area contributed by atoms with Crippen molar-refractivity contribution in [3.8, 4) is 0 Å². The molecule has 1 aliphatic carbocycles. The minimum Gasteiger partial charge on any atom is -0.390 e. The lowest BCUT2D eigenvalue weighted by Crippen LogP contribution is -2.49. The van der Waals surface area contributed by atoms with Crippen LogP contribution in [0.1, 0.15) is 55.7 Å². The lowest BCUT2D eigenvalue weighted by atomic mass is 9.72. The van der Waals surface area contributed by atoms with Gasteiger partial charge in [0.25, 0.3) is 0 Å². The molecule has 1 aromatic rings. The van der Waals surface area contributed by atoms with E-state index in [-0.39, 0.29) is 17.4 Å². The van der Waals surface area contributed by atoms with Gasteiger partial charge >= 0.3 is 0 Å². The number of benzene rings is 1. The van der Waals surface area contributed by atoms with Crippen LogP contribution in [-0.4, -0.2) is 41.7 Å². The summed E-state index contributed by atoms with van der Waals surface area (Å²) in [4.78, 5) is 14.6. The highest BCUT2D eigenvalue weighted by molar-refractivity contribution is 5.77. The largest absolute Gasteiger partial charge is 0.390 e. The molecule has 0 bridgehead atoms. The molecule has 2 heterocycles. The van der Waals surface area contributed by atoms with Gasteiger partial charge < -0.3 is 15.3 Å². The fourth-order valence-corrected chi connectivity index (χ4v) is 4.91. The molecule has 4 heteroatoms. The fourth-order valence-electron chi connectivity index (χ4n) is 4.91. The summed E-state index contributed by atoms with van der Waals surface area (Å²) in [5.74, 6) is 0.215. The van der Waals surface area contributed by atoms with Crippen LogP contribution in [0.5, 0.6) is 0 Å². The number of aliphatic hydroxyl groups excluding tert-OH is 1. The van der Waals surface area contributed by atoms with E-state index in [0.717, 1.165) is 51.7 Å². The van der Waals surface area contributed by atoms with Crippen molar-refractivity contribution in [1.29, 1.82) is 0 Å². The molecule has 2 N–H and O–H groups in total. The average molecular weight is 314 g/mol. The van der Waals surface area contributed by atoms with Crippen LogP contribution in [0.3, 0.4) is 0 Å². The number of nitrogens with zero attached hydrogens (tertiary/aromatic N) is 1. The molecule has 0 aromatic heterocycles. The van der Waals surface area contributed by atoms with Gasteiger partial charge in [0.15, 0.2) is 0 Å². The van der Waals surface area contributed by atoms with Crippen LogP contribution < -0.4 is 5.32 Å². The van der Waals surface area contributed by atoms with Gasteiger partial charge in [-0.3, -0.25) is 4.79 Å². The van der Waals surface area contributed by atoms with Crippen LogP contribution in [0.25, 0.3) is 0 Å². The third-order valence-electron chi connectivity index (χ3n) is 6.12. The van der Waals surface area contributed by atoms with Crippen molar-refractivity contribution in [2.45, 2.75) is 56.1 Å². The topological polar surface area (TPSA) is 52.6 Å². The number of likely N-dealkylation sites (tertiary alicyclic amines) is 1. The summed E-state index contributed by atoms with van der Waals surface area (Å²) in [6.07, 6.45) is 5.18. The van der Waals surface area contributed by atoms with Gasteiger partial charge in [-0.2, -0.15) is 0 Å². The number of amides is 1. The summed E-state index contributed by atoms with van der Waals surface area (Å²) in [6, 6.07) is 8.25. The maximum absolute atomic E-state index is 12.6. The first-order chi connectivity index (χ1) is 11.2. The summed E-state index contributed by atoms with van der Waals surface area (Å²) in [5, 5.41) is 14.7. The number of hydrogen-bond acceptors (Lipinski definition) is 3. The van der Waals surface area contributed by atoms with Gasteiger partial charge in [0.05, 0.1) is 12.1 Å². The predicted molar refractivity (Wildman–Crippen MR) is 89.2 cm³/mol. The molecule has 2 saturated heterocycles. The molecule has 2 aliphatic heterocycles. The molecular formula is C19H26N2O2. The van der Waals surface area contributed by atoms with Crippen LogP contribution in [0, 0.1) is 0 Å². The van der Waals surface area contributed by atoms with E-state index >= 15 is 0 Å². The lowest BCUT2D eigenvalue weighted by molar-refractivity contribution is -0.136. The molecule has 124 valence electrons. The monoisotopic (exact) mass is 314 g/mol. The molecule has 0 saturated carbocycles. The number of nitrogens with one attached hydrogen (secondary N) is 1. The molecule has 4 nitrogen and oxygen atoms in total. The van der Waals surface area contributed by atoms with Gasteiger partial charge in [-0.05, 0) is 49.9 Å². The highest BCUT2D eigenvalue weighted by Crippen LogP contribution is 2.52. The normalized spacial score (nSPS) is 30.3. The van der Waals surface area contributed by atoms with E-state index in [4.69, 9.17) is 0 Å². The summed E-state index contributed by atoms with van der Waals surface area (Å²) in [5.41, 5.74) is 2.27. The Morgan fingerprint density at radius 1 is 1.13 bits per heavy atom. The van der Waals surface area contributed by atoms with E-state index in [0.29, 0.717) is 6.42 Å². The Kier molecular flexibility index (Phi) is 3.90. The number of rotatable bonds is 1. The standard InChI is InChI=1S/C19H26N2O2/c22-16-8-2-1-5-13-21(16)17-14-6-3-4-7-15(14)19(18(17)23)9-11-20-12-10-19/h3-4,6-7,17-18,20,23H,1-2,5,8-13H2/t17-,18+/m1/s1. The van der Waals surface area contributed by atoms with E-state index in [1.54, 1.807) is 0 Å². The molecule has 4 rings (SSSR count). The smallest absolute Gasteiger partial charge is 0.223 e. The van der Waals surface area contributed by atoms with Gasteiger partial charge in [0.2, 0.25) is 5.91 Å². The molecule has 1 aromatic carbocycles. The first kappa shape index (κ1) is 15.2. The first-order valence-corrected chi connectivity index (χ1v) is 9.02. The number of piperidine rings is 1. The Morgan fingerprint density at radius 2 is 1.91 bits per heavy atom. The van der Waals surface area contributed by atoms with Gasteiger partial charge in [-0.25, -0.2) is 0 Å². The third kappa shape index (κ3) is 2.31. The molecule has 0 radical (unpaired) electrons. The number of aliphatic hydroxyl groups is 1. The van der Waals surface area contributed by atoms with Crippen LogP contribution in [0.4, 0.5) is 0 Å². The SMILES string of the molecule is O=C1CCCCCN1[C@@H]1c2ccccc2C2(CCNCC2)[C@H]1O. The van der Waals surface area contributed by atoms with E-state index in [9.17, 15) is 9.90 Å². The zero-order valence-electron chi connectivity index (χ0n) is 13.6. The van der Waals surface area contributed by atoms with Crippen LogP contribution >= 0.6 is 0 Å². The molecular weight excluding hydrogens is 288 g/mol. The van der Waals surface area contributed by atoms with Crippen molar-refractivity contribution < 1.29 is 9.90 Å². The fraction of sp³-hybridized carbons (Fsp3) is 0.632. The second-order valence-corrected chi connectivity index (χ2v) is 7.28. The molecule has 0 unspecified atom stereocenters.